The van der Waals surface area contributed by atoms with Crippen LogP contribution in [0.4, 0.5) is 0 Å². The molecule has 1 aromatic carbocycles. The highest BCUT2D eigenvalue weighted by molar-refractivity contribution is 7.90. The average Bonchev–Trinajstić information content (AvgIpc) is 2.46. The fourth-order valence-electron chi connectivity index (χ4n) is 2.02. The molecule has 0 fully saturated rings. The van der Waals surface area contributed by atoms with E-state index in [0.717, 1.165) is 24.8 Å². The van der Waals surface area contributed by atoms with Crippen LogP contribution in [0.2, 0.25) is 0 Å². The van der Waals surface area contributed by atoms with E-state index in [1.54, 1.807) is 24.3 Å². The first-order valence-electron chi connectivity index (χ1n) is 7.91. The van der Waals surface area contributed by atoms with Crippen LogP contribution in [-0.2, 0) is 10.0 Å². The molecule has 0 bridgehead atoms. The lowest BCUT2D eigenvalue weighted by Gasteiger charge is -2.25. The molecule has 22 heavy (non-hydrogen) atoms. The zero-order chi connectivity index (χ0) is 16.8. The van der Waals surface area contributed by atoms with Crippen molar-refractivity contribution in [3.05, 3.63) is 29.8 Å². The van der Waals surface area contributed by atoms with Crippen molar-refractivity contribution in [1.29, 1.82) is 0 Å². The third-order valence-corrected chi connectivity index (χ3v) is 5.05. The molecule has 4 nitrogen and oxygen atoms in total. The van der Waals surface area contributed by atoms with Crippen LogP contribution in [0.3, 0.4) is 0 Å². The number of aryl methyl sites for hydroxylation is 1. The Balaban J connectivity index is 3.09. The lowest BCUT2D eigenvalue weighted by atomic mass is 10.2. The van der Waals surface area contributed by atoms with Gasteiger partial charge in [-0.25, -0.2) is 0 Å². The third kappa shape index (κ3) is 5.44. The van der Waals surface area contributed by atoms with Crippen LogP contribution in [0.1, 0.15) is 52.0 Å². The zero-order valence-electron chi connectivity index (χ0n) is 14.3. The normalized spacial score (nSPS) is 12.7. The largest absolute Gasteiger partial charge is 0.360 e. The Hall–Kier alpha value is -1.36. The maximum absolute atomic E-state index is 12.5. The maximum Gasteiger partial charge on any atom is 0.283 e. The van der Waals surface area contributed by atoms with Crippen LogP contribution in [0, 0.1) is 6.92 Å². The van der Waals surface area contributed by atoms with Crippen LogP contribution in [0.5, 0.6) is 0 Å². The van der Waals surface area contributed by atoms with Gasteiger partial charge in [0.1, 0.15) is 5.84 Å². The molecule has 124 valence electrons. The van der Waals surface area contributed by atoms with Gasteiger partial charge in [0, 0.05) is 19.5 Å². The molecule has 0 unspecified atom stereocenters. The van der Waals surface area contributed by atoms with Gasteiger partial charge in [0.05, 0.1) is 4.90 Å². The molecule has 0 amide bonds. The zero-order valence-corrected chi connectivity index (χ0v) is 15.2. The van der Waals surface area contributed by atoms with Crippen molar-refractivity contribution in [2.75, 3.05) is 7.05 Å². The van der Waals surface area contributed by atoms with Gasteiger partial charge in [-0.2, -0.15) is 8.42 Å². The van der Waals surface area contributed by atoms with E-state index in [9.17, 15) is 8.42 Å². The summed E-state index contributed by atoms with van der Waals surface area (Å²) in [6.07, 6.45) is 3.82. The number of hydrogen-bond donors (Lipinski definition) is 0. The Morgan fingerprint density at radius 3 is 2.27 bits per heavy atom. The lowest BCUT2D eigenvalue weighted by molar-refractivity contribution is 0.407. The summed E-state index contributed by atoms with van der Waals surface area (Å²) >= 11 is 0. The Morgan fingerprint density at radius 2 is 1.77 bits per heavy atom. The Morgan fingerprint density at radius 1 is 1.18 bits per heavy atom. The molecule has 0 aliphatic rings. The minimum atomic E-state index is -3.65. The van der Waals surface area contributed by atoms with Gasteiger partial charge in [0.2, 0.25) is 0 Å². The van der Waals surface area contributed by atoms with E-state index in [0.29, 0.717) is 12.3 Å². The molecule has 1 rings (SSSR count). The molecule has 0 atom stereocenters. The van der Waals surface area contributed by atoms with Gasteiger partial charge in [-0.05, 0) is 39.3 Å². The maximum atomic E-state index is 12.5. The molecule has 0 radical (unpaired) electrons. The summed E-state index contributed by atoms with van der Waals surface area (Å²) in [5, 5.41) is 0. The van der Waals surface area contributed by atoms with Crippen molar-refractivity contribution >= 4 is 15.9 Å². The third-order valence-electron chi connectivity index (χ3n) is 3.73. The predicted molar refractivity (Wildman–Crippen MR) is 92.8 cm³/mol. The number of sulfonamides is 1. The quantitative estimate of drug-likeness (QED) is 0.433. The highest BCUT2D eigenvalue weighted by Gasteiger charge is 2.17. The van der Waals surface area contributed by atoms with E-state index in [2.05, 4.69) is 11.3 Å². The number of hydrogen-bond acceptors (Lipinski definition) is 2. The number of rotatable bonds is 7. The molecule has 1 aromatic rings. The number of nitrogens with zero attached hydrogens (tertiary/aromatic N) is 2. The average molecular weight is 324 g/mol. The Labute approximate surface area is 135 Å². The molecular formula is C17H28N2O2S. The van der Waals surface area contributed by atoms with Crippen LogP contribution in [0.25, 0.3) is 0 Å². The molecule has 0 aromatic heterocycles. The van der Waals surface area contributed by atoms with E-state index in [-0.39, 0.29) is 10.9 Å². The van der Waals surface area contributed by atoms with E-state index < -0.39 is 10.0 Å². The summed E-state index contributed by atoms with van der Waals surface area (Å²) in [7, 11) is -1.74. The Bertz CT molecular complexity index is 590. The molecule has 5 heteroatoms. The molecular weight excluding hydrogens is 296 g/mol. The van der Waals surface area contributed by atoms with Crippen molar-refractivity contribution in [3.8, 4) is 0 Å². The van der Waals surface area contributed by atoms with Gasteiger partial charge < -0.3 is 4.90 Å². The van der Waals surface area contributed by atoms with Crippen LogP contribution in [-0.4, -0.2) is 32.2 Å². The number of amidine groups is 1. The minimum absolute atomic E-state index is 0.216. The first-order valence-corrected chi connectivity index (χ1v) is 9.35. The summed E-state index contributed by atoms with van der Waals surface area (Å²) in [5.41, 5.74) is 1.03. The fraction of sp³-hybridized carbons (Fsp3) is 0.588. The molecule has 0 saturated heterocycles. The summed E-state index contributed by atoms with van der Waals surface area (Å²) < 4.78 is 29.1. The summed E-state index contributed by atoms with van der Waals surface area (Å²) in [6.45, 7) is 8.14. The second-order valence-corrected chi connectivity index (χ2v) is 7.56. The molecule has 0 aliphatic heterocycles. The fourth-order valence-corrected chi connectivity index (χ4v) is 3.10. The molecule has 0 saturated carbocycles. The second-order valence-electron chi connectivity index (χ2n) is 5.96. The smallest absolute Gasteiger partial charge is 0.283 e. The van der Waals surface area contributed by atoms with Crippen LogP contribution in [0.15, 0.2) is 33.6 Å². The van der Waals surface area contributed by atoms with Gasteiger partial charge in [-0.15, -0.1) is 4.40 Å². The van der Waals surface area contributed by atoms with Crippen molar-refractivity contribution < 1.29 is 8.42 Å². The van der Waals surface area contributed by atoms with Crippen molar-refractivity contribution in [2.45, 2.75) is 64.3 Å². The highest BCUT2D eigenvalue weighted by atomic mass is 32.2. The standard InChI is InChI=1S/C17H28N2O2S/c1-6-7-8-9-17(19(5)14(2)3)18-22(20,21)16-12-10-15(4)11-13-16/h10-14H,6-9H2,1-5H3/b18-17+. The van der Waals surface area contributed by atoms with E-state index in [1.165, 1.54) is 0 Å². The van der Waals surface area contributed by atoms with E-state index in [4.69, 9.17) is 0 Å². The SMILES string of the molecule is CCCCC/C(=N\S(=O)(=O)c1ccc(C)cc1)N(C)C(C)C. The van der Waals surface area contributed by atoms with Crippen LogP contribution >= 0.6 is 0 Å². The molecule has 0 heterocycles. The van der Waals surface area contributed by atoms with Gasteiger partial charge >= 0.3 is 0 Å². The van der Waals surface area contributed by atoms with Crippen molar-refractivity contribution in [3.63, 3.8) is 0 Å². The topological polar surface area (TPSA) is 49.7 Å². The first kappa shape index (κ1) is 18.7. The van der Waals surface area contributed by atoms with E-state index in [1.807, 2.05) is 32.7 Å². The van der Waals surface area contributed by atoms with Crippen molar-refractivity contribution in [2.24, 2.45) is 4.40 Å². The number of unbranched alkanes of at least 4 members (excludes halogenated alkanes) is 2. The molecule has 0 N–H and O–H groups in total. The number of benzene rings is 1. The Kier molecular flexibility index (Phi) is 7.07. The van der Waals surface area contributed by atoms with Gasteiger partial charge in [-0.3, -0.25) is 0 Å². The molecule has 0 spiro atoms. The summed E-state index contributed by atoms with van der Waals surface area (Å²) in [4.78, 5) is 2.20. The lowest BCUT2D eigenvalue weighted by Crippen LogP contribution is -2.33. The second kappa shape index (κ2) is 8.32. The van der Waals surface area contributed by atoms with Crippen LogP contribution < -0.4 is 0 Å². The predicted octanol–water partition coefficient (Wildman–Crippen LogP) is 4.00. The van der Waals surface area contributed by atoms with E-state index >= 15 is 0 Å². The minimum Gasteiger partial charge on any atom is -0.360 e. The summed E-state index contributed by atoms with van der Waals surface area (Å²) in [5.74, 6) is 0.643. The first-order chi connectivity index (χ1) is 10.3. The van der Waals surface area contributed by atoms with Gasteiger partial charge in [-0.1, -0.05) is 37.5 Å². The summed E-state index contributed by atoms with van der Waals surface area (Å²) in [6, 6.07) is 7.05. The monoisotopic (exact) mass is 324 g/mol. The highest BCUT2D eigenvalue weighted by Crippen LogP contribution is 2.16. The van der Waals surface area contributed by atoms with Gasteiger partial charge in [0.15, 0.2) is 0 Å². The van der Waals surface area contributed by atoms with Gasteiger partial charge in [0.25, 0.3) is 10.0 Å². The van der Waals surface area contributed by atoms with Crippen molar-refractivity contribution in [1.82, 2.24) is 4.90 Å². The molecule has 0 aliphatic carbocycles.